The quantitative estimate of drug-likeness (QED) is 0.365. The van der Waals surface area contributed by atoms with Crippen molar-refractivity contribution in [3.8, 4) is 0 Å². The van der Waals surface area contributed by atoms with Gasteiger partial charge in [0.25, 0.3) is 0 Å². The predicted octanol–water partition coefficient (Wildman–Crippen LogP) is -0.126. The molecule has 0 aromatic carbocycles. The molecule has 0 rings (SSSR count). The highest BCUT2D eigenvalue weighted by Crippen LogP contribution is 2.63. The lowest BCUT2D eigenvalue weighted by molar-refractivity contribution is 0.379. The maximum Gasteiger partial charge on any atom is 0.329 e. The van der Waals surface area contributed by atoms with E-state index in [1.807, 2.05) is 0 Å². The Labute approximate surface area is 92.1 Å². The molecular formula is C3H12O9P4. The molecule has 0 spiro atoms. The third-order valence-corrected chi connectivity index (χ3v) is 10.4. The Bertz CT molecular complexity index is 302. The zero-order valence-electron chi connectivity index (χ0n) is 7.82. The van der Waals surface area contributed by atoms with E-state index in [0.29, 0.717) is 0 Å². The van der Waals surface area contributed by atoms with Crippen molar-refractivity contribution in [2.45, 2.75) is 0 Å². The summed E-state index contributed by atoms with van der Waals surface area (Å²) in [6.45, 7) is 0. The van der Waals surface area contributed by atoms with Crippen LogP contribution < -0.4 is 0 Å². The molecule has 0 saturated heterocycles. The van der Waals surface area contributed by atoms with Gasteiger partial charge in [-0.1, -0.05) is 7.92 Å². The second-order valence-electron chi connectivity index (χ2n) is 3.09. The molecule has 0 bridgehead atoms. The highest BCUT2D eigenvalue weighted by Gasteiger charge is 2.32. The lowest BCUT2D eigenvalue weighted by Gasteiger charge is -2.19. The van der Waals surface area contributed by atoms with Crippen LogP contribution in [-0.4, -0.2) is 47.1 Å². The van der Waals surface area contributed by atoms with Crippen molar-refractivity contribution in [2.24, 2.45) is 0 Å². The smallest absolute Gasteiger partial charge is 0.324 e. The van der Waals surface area contributed by atoms with Gasteiger partial charge in [0.15, 0.2) is 0 Å². The fraction of sp³-hybridized carbons (Fsp3) is 1.00. The van der Waals surface area contributed by atoms with Crippen LogP contribution in [0.2, 0.25) is 0 Å². The zero-order valence-corrected chi connectivity index (χ0v) is 11.4. The Hall–Kier alpha value is 0.880. The molecule has 0 unspecified atom stereocenters. The summed E-state index contributed by atoms with van der Waals surface area (Å²) in [5.74, 6) is -2.71. The van der Waals surface area contributed by atoms with Gasteiger partial charge < -0.3 is 29.4 Å². The molecule has 0 fully saturated rings. The molecule has 0 aliphatic heterocycles. The summed E-state index contributed by atoms with van der Waals surface area (Å²) in [7, 11) is -15.8. The maximum atomic E-state index is 10.6. The minimum absolute atomic E-state index is 0.904. The first kappa shape index (κ1) is 16.9. The molecule has 16 heavy (non-hydrogen) atoms. The van der Waals surface area contributed by atoms with Gasteiger partial charge in [-0.2, -0.15) is 0 Å². The van der Waals surface area contributed by atoms with Gasteiger partial charge >= 0.3 is 22.8 Å². The minimum atomic E-state index is -4.55. The highest BCUT2D eigenvalue weighted by molar-refractivity contribution is 7.84. The molecule has 0 aromatic heterocycles. The molecule has 0 radical (unpaired) electrons. The van der Waals surface area contributed by atoms with Crippen LogP contribution in [0.5, 0.6) is 0 Å². The van der Waals surface area contributed by atoms with Gasteiger partial charge in [-0.05, 0) is 0 Å². The van der Waals surface area contributed by atoms with E-state index in [2.05, 4.69) is 0 Å². The summed E-state index contributed by atoms with van der Waals surface area (Å²) < 4.78 is 31.9. The van der Waals surface area contributed by atoms with Crippen molar-refractivity contribution in [1.29, 1.82) is 0 Å². The van der Waals surface area contributed by atoms with E-state index in [1.165, 1.54) is 0 Å². The number of hydrogen-bond donors (Lipinski definition) is 6. The molecule has 9 nitrogen and oxygen atoms in total. The van der Waals surface area contributed by atoms with E-state index in [9.17, 15) is 13.7 Å². The fourth-order valence-electron chi connectivity index (χ4n) is 0.916. The summed E-state index contributed by atoms with van der Waals surface area (Å²) in [5.41, 5.74) is 0. The number of hydrogen-bond acceptors (Lipinski definition) is 3. The van der Waals surface area contributed by atoms with Crippen LogP contribution in [0.15, 0.2) is 0 Å². The standard InChI is InChI=1S/C3H12O9P4/c4-14(5,6)1-13(2-15(7,8)9)3-16(10,11)12/h1-3H2,(H2,4,5,6)(H2,7,8,9)(H2,10,11,12). The van der Waals surface area contributed by atoms with Gasteiger partial charge in [-0.25, -0.2) is 0 Å². The van der Waals surface area contributed by atoms with Crippen LogP contribution in [0, 0.1) is 0 Å². The van der Waals surface area contributed by atoms with Gasteiger partial charge in [0.2, 0.25) is 0 Å². The van der Waals surface area contributed by atoms with Gasteiger partial charge in [-0.3, -0.25) is 13.7 Å². The molecule has 0 aliphatic rings. The second kappa shape index (κ2) is 5.68. The zero-order chi connectivity index (χ0) is 13.2. The van der Waals surface area contributed by atoms with E-state index >= 15 is 0 Å². The van der Waals surface area contributed by atoms with Crippen LogP contribution in [0.1, 0.15) is 0 Å². The van der Waals surface area contributed by atoms with E-state index in [4.69, 9.17) is 29.4 Å². The van der Waals surface area contributed by atoms with Gasteiger partial charge in [-0.15, -0.1) is 0 Å². The monoisotopic (exact) mass is 316 g/mol. The fourth-order valence-corrected chi connectivity index (χ4v) is 10.7. The van der Waals surface area contributed by atoms with E-state index in [-0.39, 0.29) is 0 Å². The molecule has 0 aromatic rings. The minimum Gasteiger partial charge on any atom is -0.324 e. The largest absolute Gasteiger partial charge is 0.329 e. The first-order chi connectivity index (χ1) is 6.79. The molecule has 0 saturated carbocycles. The average Bonchev–Trinajstić information content (AvgIpc) is 1.70. The van der Waals surface area contributed by atoms with E-state index in [1.54, 1.807) is 0 Å². The lowest BCUT2D eigenvalue weighted by Crippen LogP contribution is -1.98. The SMILES string of the molecule is O=P(O)(O)CP(CP(=O)(O)O)CP(=O)(O)O. The third-order valence-electron chi connectivity index (χ3n) is 1.15. The topological polar surface area (TPSA) is 173 Å². The van der Waals surface area contributed by atoms with Crippen LogP contribution in [-0.2, 0) is 13.7 Å². The highest BCUT2D eigenvalue weighted by atomic mass is 31.3. The van der Waals surface area contributed by atoms with Gasteiger partial charge in [0.1, 0.15) is 0 Å². The summed E-state index contributed by atoms with van der Waals surface area (Å²) in [5, 5.41) is 0. The van der Waals surface area contributed by atoms with Crippen molar-refractivity contribution < 1.29 is 43.1 Å². The Morgan fingerprint density at radius 1 is 0.625 bits per heavy atom. The molecule has 98 valence electrons. The third kappa shape index (κ3) is 11.4. The van der Waals surface area contributed by atoms with Gasteiger partial charge in [0.05, 0.1) is 17.7 Å². The molecule has 13 heteroatoms. The molecule has 0 aliphatic carbocycles. The Morgan fingerprint density at radius 3 is 0.938 bits per heavy atom. The van der Waals surface area contributed by atoms with Crippen molar-refractivity contribution in [1.82, 2.24) is 0 Å². The molecule has 0 heterocycles. The Balaban J connectivity index is 4.72. The molecule has 0 amide bonds. The summed E-state index contributed by atoms with van der Waals surface area (Å²) in [6.07, 6.45) is 0. The van der Waals surface area contributed by atoms with E-state index in [0.717, 1.165) is 0 Å². The lowest BCUT2D eigenvalue weighted by atomic mass is 11.8. The summed E-state index contributed by atoms with van der Waals surface area (Å²) in [6, 6.07) is 0. The molecular weight excluding hydrogens is 304 g/mol. The first-order valence-corrected chi connectivity index (χ1v) is 10.9. The van der Waals surface area contributed by atoms with Crippen molar-refractivity contribution >= 4 is 30.7 Å². The van der Waals surface area contributed by atoms with Gasteiger partial charge in [0, 0.05) is 0 Å². The number of rotatable bonds is 6. The molecule has 6 N–H and O–H groups in total. The molecule has 0 atom stereocenters. The Kier molecular flexibility index (Phi) is 5.99. The van der Waals surface area contributed by atoms with Crippen molar-refractivity contribution in [2.75, 3.05) is 17.7 Å². The normalized spacial score (nSPS) is 14.4. The van der Waals surface area contributed by atoms with Crippen LogP contribution in [0.3, 0.4) is 0 Å². The average molecular weight is 316 g/mol. The Morgan fingerprint density at radius 2 is 0.812 bits per heavy atom. The van der Waals surface area contributed by atoms with Crippen LogP contribution >= 0.6 is 30.7 Å². The predicted molar refractivity (Wildman–Crippen MR) is 57.7 cm³/mol. The van der Waals surface area contributed by atoms with Crippen molar-refractivity contribution in [3.05, 3.63) is 0 Å². The summed E-state index contributed by atoms with van der Waals surface area (Å²) in [4.78, 5) is 51.6. The van der Waals surface area contributed by atoms with Crippen LogP contribution in [0.4, 0.5) is 0 Å². The van der Waals surface area contributed by atoms with Crippen LogP contribution in [0.25, 0.3) is 0 Å². The van der Waals surface area contributed by atoms with Crippen molar-refractivity contribution in [3.63, 3.8) is 0 Å². The maximum absolute atomic E-state index is 10.6. The first-order valence-electron chi connectivity index (χ1n) is 3.65. The van der Waals surface area contributed by atoms with E-state index < -0.39 is 48.4 Å². The summed E-state index contributed by atoms with van der Waals surface area (Å²) >= 11 is 0. The second-order valence-corrected chi connectivity index (χ2v) is 11.8.